The first-order valence-corrected chi connectivity index (χ1v) is 7.80. The number of hydrogen-bond acceptors (Lipinski definition) is 5. The molecule has 1 rings (SSSR count). The van der Waals surface area contributed by atoms with Crippen LogP contribution in [0.25, 0.3) is 0 Å². The van der Waals surface area contributed by atoms with Gasteiger partial charge in [0.15, 0.2) is 0 Å². The maximum absolute atomic E-state index is 11.6. The van der Waals surface area contributed by atoms with E-state index in [9.17, 15) is 4.79 Å². The van der Waals surface area contributed by atoms with E-state index in [1.54, 1.807) is 0 Å². The molecule has 1 saturated heterocycles. The van der Waals surface area contributed by atoms with Crippen molar-refractivity contribution in [2.75, 3.05) is 33.3 Å². The van der Waals surface area contributed by atoms with E-state index in [1.165, 1.54) is 0 Å². The Bertz CT molecular complexity index is 312. The van der Waals surface area contributed by atoms with Gasteiger partial charge in [0, 0.05) is 32.3 Å². The molecule has 0 saturated carbocycles. The Hall–Kier alpha value is -0.850. The number of nitrogens with two attached hydrogens (primary N) is 1. The van der Waals surface area contributed by atoms with Crippen LogP contribution in [0.4, 0.5) is 4.79 Å². The zero-order valence-corrected chi connectivity index (χ0v) is 13.9. The lowest BCUT2D eigenvalue weighted by molar-refractivity contribution is 0.0510. The molecule has 0 spiro atoms. The van der Waals surface area contributed by atoms with Crippen LogP contribution in [0.5, 0.6) is 0 Å². The molecule has 21 heavy (non-hydrogen) atoms. The second kappa shape index (κ2) is 8.56. The fourth-order valence-corrected chi connectivity index (χ4v) is 2.43. The minimum Gasteiger partial charge on any atom is -0.444 e. The molecule has 0 aliphatic carbocycles. The molecular formula is C15H31N3O3. The lowest BCUT2D eigenvalue weighted by Gasteiger charge is -2.29. The van der Waals surface area contributed by atoms with Crippen molar-refractivity contribution in [3.8, 4) is 0 Å². The highest BCUT2D eigenvalue weighted by Gasteiger charge is 2.22. The molecule has 1 heterocycles. The van der Waals surface area contributed by atoms with E-state index < -0.39 is 5.60 Å². The summed E-state index contributed by atoms with van der Waals surface area (Å²) in [5.41, 5.74) is 5.38. The summed E-state index contributed by atoms with van der Waals surface area (Å²) in [4.78, 5) is 13.8. The molecule has 0 aromatic rings. The predicted molar refractivity (Wildman–Crippen MR) is 83.3 cm³/mol. The zero-order valence-electron chi connectivity index (χ0n) is 13.9. The monoisotopic (exact) mass is 301 g/mol. The Morgan fingerprint density at radius 1 is 1.52 bits per heavy atom. The number of alkyl carbamates (subject to hydrolysis) is 1. The molecule has 124 valence electrons. The third kappa shape index (κ3) is 7.64. The number of hydrogen-bond donors (Lipinski definition) is 2. The summed E-state index contributed by atoms with van der Waals surface area (Å²) in [7, 11) is 2.06. The minimum absolute atomic E-state index is 0.240. The molecule has 6 nitrogen and oxygen atoms in total. The van der Waals surface area contributed by atoms with Gasteiger partial charge in [0.05, 0.1) is 6.10 Å². The van der Waals surface area contributed by atoms with Crippen molar-refractivity contribution in [2.45, 2.75) is 57.8 Å². The van der Waals surface area contributed by atoms with Crippen molar-refractivity contribution in [3.05, 3.63) is 0 Å². The van der Waals surface area contributed by atoms with E-state index in [0.717, 1.165) is 32.4 Å². The van der Waals surface area contributed by atoms with E-state index in [4.69, 9.17) is 15.2 Å². The largest absolute Gasteiger partial charge is 0.444 e. The van der Waals surface area contributed by atoms with Crippen molar-refractivity contribution >= 4 is 6.09 Å². The molecule has 1 amide bonds. The maximum atomic E-state index is 11.6. The van der Waals surface area contributed by atoms with Crippen LogP contribution < -0.4 is 11.1 Å². The molecule has 2 unspecified atom stereocenters. The molecular weight excluding hydrogens is 270 g/mol. The molecule has 0 aromatic carbocycles. The Morgan fingerprint density at radius 3 is 2.76 bits per heavy atom. The Labute approximate surface area is 128 Å². The lowest BCUT2D eigenvalue weighted by Crippen LogP contribution is -2.44. The topological polar surface area (TPSA) is 76.8 Å². The molecule has 3 N–H and O–H groups in total. The van der Waals surface area contributed by atoms with E-state index in [-0.39, 0.29) is 12.1 Å². The van der Waals surface area contributed by atoms with Gasteiger partial charge < -0.3 is 20.5 Å². The number of likely N-dealkylation sites (N-methyl/N-ethyl adjacent to an activating group) is 1. The number of nitrogens with zero attached hydrogens (tertiary/aromatic N) is 1. The van der Waals surface area contributed by atoms with Gasteiger partial charge in [0.2, 0.25) is 0 Å². The van der Waals surface area contributed by atoms with Crippen molar-refractivity contribution < 1.29 is 14.3 Å². The number of nitrogens with one attached hydrogen (secondary N) is 1. The Balaban J connectivity index is 2.25. The number of carbonyl (C=O) groups excluding carboxylic acids is 1. The SMILES string of the molecule is CN(CC1CCCO1)C(CN)CCNC(=O)OC(C)(C)C. The van der Waals surface area contributed by atoms with Gasteiger partial charge in [-0.2, -0.15) is 0 Å². The average Bonchev–Trinajstić information content (AvgIpc) is 2.85. The number of amides is 1. The fraction of sp³-hybridized carbons (Fsp3) is 0.933. The average molecular weight is 301 g/mol. The third-order valence-corrected chi connectivity index (χ3v) is 3.56. The number of rotatable bonds is 7. The highest BCUT2D eigenvalue weighted by molar-refractivity contribution is 5.67. The van der Waals surface area contributed by atoms with Gasteiger partial charge in [-0.3, -0.25) is 4.90 Å². The highest BCUT2D eigenvalue weighted by Crippen LogP contribution is 2.14. The quantitative estimate of drug-likeness (QED) is 0.742. The van der Waals surface area contributed by atoms with E-state index >= 15 is 0 Å². The van der Waals surface area contributed by atoms with Gasteiger partial charge >= 0.3 is 6.09 Å². The molecule has 2 atom stereocenters. The first-order chi connectivity index (χ1) is 9.81. The summed E-state index contributed by atoms with van der Waals surface area (Å²) in [5, 5.41) is 2.78. The van der Waals surface area contributed by atoms with E-state index in [0.29, 0.717) is 19.2 Å². The molecule has 1 fully saturated rings. The normalized spacial score (nSPS) is 20.6. The molecule has 0 bridgehead atoms. The Kier molecular flexibility index (Phi) is 7.42. The van der Waals surface area contributed by atoms with Gasteiger partial charge in [-0.1, -0.05) is 0 Å². The van der Waals surface area contributed by atoms with Crippen LogP contribution in [-0.2, 0) is 9.47 Å². The van der Waals surface area contributed by atoms with Gasteiger partial charge in [-0.25, -0.2) is 4.79 Å². The lowest BCUT2D eigenvalue weighted by atomic mass is 10.1. The maximum Gasteiger partial charge on any atom is 0.407 e. The zero-order chi connectivity index (χ0) is 15.9. The predicted octanol–water partition coefficient (Wildman–Crippen LogP) is 1.34. The second-order valence-corrected chi connectivity index (χ2v) is 6.68. The number of ether oxygens (including phenoxy) is 2. The molecule has 1 aliphatic rings. The molecule has 0 radical (unpaired) electrons. The van der Waals surface area contributed by atoms with Crippen LogP contribution in [0.15, 0.2) is 0 Å². The van der Waals surface area contributed by atoms with Crippen LogP contribution >= 0.6 is 0 Å². The van der Waals surface area contributed by atoms with Crippen LogP contribution in [0.1, 0.15) is 40.0 Å². The van der Waals surface area contributed by atoms with Crippen LogP contribution in [0.3, 0.4) is 0 Å². The van der Waals surface area contributed by atoms with Gasteiger partial charge in [-0.15, -0.1) is 0 Å². The third-order valence-electron chi connectivity index (χ3n) is 3.56. The smallest absolute Gasteiger partial charge is 0.407 e. The van der Waals surface area contributed by atoms with Gasteiger partial charge in [-0.05, 0) is 47.1 Å². The molecule has 0 aromatic heterocycles. The minimum atomic E-state index is -0.464. The molecule has 6 heteroatoms. The Morgan fingerprint density at radius 2 is 2.24 bits per heavy atom. The number of carbonyl (C=O) groups is 1. The van der Waals surface area contributed by atoms with E-state index in [1.807, 2.05) is 20.8 Å². The first kappa shape index (κ1) is 18.2. The van der Waals surface area contributed by atoms with Crippen molar-refractivity contribution in [2.24, 2.45) is 5.73 Å². The van der Waals surface area contributed by atoms with Crippen molar-refractivity contribution in [1.29, 1.82) is 0 Å². The van der Waals surface area contributed by atoms with Gasteiger partial charge in [0.1, 0.15) is 5.60 Å². The summed E-state index contributed by atoms with van der Waals surface area (Å²) < 4.78 is 10.8. The summed E-state index contributed by atoms with van der Waals surface area (Å²) in [6.45, 7) is 8.45. The standard InChI is InChI=1S/C15H31N3O3/c1-15(2,3)21-14(19)17-8-7-12(10-16)18(4)11-13-6-5-9-20-13/h12-13H,5-11,16H2,1-4H3,(H,17,19). The van der Waals surface area contributed by atoms with Gasteiger partial charge in [0.25, 0.3) is 0 Å². The summed E-state index contributed by atoms with van der Waals surface area (Å²) in [6, 6.07) is 0.240. The van der Waals surface area contributed by atoms with Crippen LogP contribution in [0.2, 0.25) is 0 Å². The van der Waals surface area contributed by atoms with Crippen LogP contribution in [0, 0.1) is 0 Å². The van der Waals surface area contributed by atoms with Crippen molar-refractivity contribution in [1.82, 2.24) is 10.2 Å². The first-order valence-electron chi connectivity index (χ1n) is 7.80. The fourth-order valence-electron chi connectivity index (χ4n) is 2.43. The molecule has 1 aliphatic heterocycles. The van der Waals surface area contributed by atoms with Crippen LogP contribution in [-0.4, -0.2) is 62.0 Å². The summed E-state index contributed by atoms with van der Waals surface area (Å²) in [5.74, 6) is 0. The second-order valence-electron chi connectivity index (χ2n) is 6.68. The van der Waals surface area contributed by atoms with Crippen molar-refractivity contribution in [3.63, 3.8) is 0 Å². The summed E-state index contributed by atoms with van der Waals surface area (Å²) in [6.07, 6.45) is 3.02. The summed E-state index contributed by atoms with van der Waals surface area (Å²) >= 11 is 0. The van der Waals surface area contributed by atoms with E-state index in [2.05, 4.69) is 17.3 Å². The highest BCUT2D eigenvalue weighted by atomic mass is 16.6.